The third-order valence-electron chi connectivity index (χ3n) is 8.23. The largest absolute Gasteiger partial charge is 0.478 e. The Morgan fingerprint density at radius 3 is 1.27 bits per heavy atom. The molecule has 0 spiro atoms. The van der Waals surface area contributed by atoms with Crippen molar-refractivity contribution in [3.63, 3.8) is 0 Å². The topological polar surface area (TPSA) is 77.8 Å². The van der Waals surface area contributed by atoms with E-state index in [1.165, 1.54) is 11.1 Å². The molecular formula is C44H39NO4. The number of aryl methyl sites for hydroxylation is 4. The maximum absolute atomic E-state index is 10.9. The van der Waals surface area contributed by atoms with Gasteiger partial charge in [0.15, 0.2) is 0 Å². The van der Waals surface area contributed by atoms with Crippen molar-refractivity contribution in [3.05, 3.63) is 171 Å². The van der Waals surface area contributed by atoms with Crippen molar-refractivity contribution in [2.75, 3.05) is 4.90 Å². The summed E-state index contributed by atoms with van der Waals surface area (Å²) in [6.45, 7) is 8.19. The van der Waals surface area contributed by atoms with E-state index >= 15 is 0 Å². The zero-order valence-electron chi connectivity index (χ0n) is 28.1. The smallest absolute Gasteiger partial charge is 0.328 e. The number of carboxylic acid groups (broad SMARTS) is 2. The van der Waals surface area contributed by atoms with Gasteiger partial charge in [-0.3, -0.25) is 0 Å². The molecule has 0 aliphatic heterocycles. The van der Waals surface area contributed by atoms with Gasteiger partial charge in [0.2, 0.25) is 0 Å². The Balaban J connectivity index is 1.37. The van der Waals surface area contributed by atoms with E-state index in [1.54, 1.807) is 12.2 Å². The van der Waals surface area contributed by atoms with Gasteiger partial charge in [0.25, 0.3) is 0 Å². The highest BCUT2D eigenvalue weighted by Crippen LogP contribution is 2.37. The Morgan fingerprint density at radius 1 is 0.469 bits per heavy atom. The van der Waals surface area contributed by atoms with Gasteiger partial charge < -0.3 is 15.1 Å². The third kappa shape index (κ3) is 9.21. The number of rotatable bonds is 11. The molecule has 0 heterocycles. The second-order valence-electron chi connectivity index (χ2n) is 12.1. The van der Waals surface area contributed by atoms with Crippen LogP contribution in [0.15, 0.2) is 115 Å². The highest BCUT2D eigenvalue weighted by Gasteiger charge is 2.14. The van der Waals surface area contributed by atoms with Crippen molar-refractivity contribution in [2.45, 2.75) is 27.7 Å². The van der Waals surface area contributed by atoms with Gasteiger partial charge in [-0.15, -0.1) is 0 Å². The quantitative estimate of drug-likeness (QED) is 0.110. The molecule has 49 heavy (non-hydrogen) atoms. The molecule has 0 fully saturated rings. The predicted molar refractivity (Wildman–Crippen MR) is 204 cm³/mol. The van der Waals surface area contributed by atoms with Gasteiger partial charge >= 0.3 is 11.9 Å². The molecule has 0 radical (unpaired) electrons. The molecule has 0 aromatic heterocycles. The molecule has 5 nitrogen and oxygen atoms in total. The van der Waals surface area contributed by atoms with Gasteiger partial charge in [-0.2, -0.15) is 0 Å². The summed E-state index contributed by atoms with van der Waals surface area (Å²) < 4.78 is 0. The molecule has 0 bridgehead atoms. The lowest BCUT2D eigenvalue weighted by molar-refractivity contribution is -0.132. The van der Waals surface area contributed by atoms with E-state index in [1.807, 2.05) is 50.2 Å². The van der Waals surface area contributed by atoms with Crippen LogP contribution < -0.4 is 4.90 Å². The van der Waals surface area contributed by atoms with Crippen molar-refractivity contribution in [1.29, 1.82) is 0 Å². The summed E-state index contributed by atoms with van der Waals surface area (Å²) in [6.07, 6.45) is 13.8. The number of carbonyl (C=O) groups is 2. The van der Waals surface area contributed by atoms with Crippen LogP contribution in [0.3, 0.4) is 0 Å². The molecule has 0 amide bonds. The van der Waals surface area contributed by atoms with Crippen LogP contribution >= 0.6 is 0 Å². The van der Waals surface area contributed by atoms with Crippen LogP contribution in [0, 0.1) is 27.7 Å². The molecular weight excluding hydrogens is 606 g/mol. The molecule has 0 aliphatic carbocycles. The molecule has 0 atom stereocenters. The molecule has 244 valence electrons. The minimum atomic E-state index is -0.961. The summed E-state index contributed by atoms with van der Waals surface area (Å²) in [7, 11) is 0. The van der Waals surface area contributed by atoms with E-state index in [0.29, 0.717) is 0 Å². The first kappa shape index (κ1) is 34.1. The van der Waals surface area contributed by atoms with Crippen LogP contribution in [0.25, 0.3) is 36.5 Å². The third-order valence-corrected chi connectivity index (χ3v) is 8.23. The number of benzene rings is 5. The summed E-state index contributed by atoms with van der Waals surface area (Å²) in [5.74, 6) is -1.92. The van der Waals surface area contributed by atoms with Crippen molar-refractivity contribution >= 4 is 65.5 Å². The van der Waals surface area contributed by atoms with Crippen molar-refractivity contribution in [2.24, 2.45) is 0 Å². The normalized spacial score (nSPS) is 11.7. The van der Waals surface area contributed by atoms with Gasteiger partial charge in [-0.25, -0.2) is 9.59 Å². The fourth-order valence-electron chi connectivity index (χ4n) is 5.64. The molecule has 5 heteroatoms. The summed E-state index contributed by atoms with van der Waals surface area (Å²) >= 11 is 0. The molecule has 2 N–H and O–H groups in total. The Kier molecular flexibility index (Phi) is 10.9. The van der Waals surface area contributed by atoms with Crippen LogP contribution in [-0.4, -0.2) is 22.2 Å². The van der Waals surface area contributed by atoms with Gasteiger partial charge in [0.05, 0.1) is 0 Å². The predicted octanol–water partition coefficient (Wildman–Crippen LogP) is 10.9. The highest BCUT2D eigenvalue weighted by molar-refractivity contribution is 5.87. The summed E-state index contributed by atoms with van der Waals surface area (Å²) in [5, 5.41) is 17.8. The van der Waals surface area contributed by atoms with Crippen LogP contribution in [0.5, 0.6) is 0 Å². The summed E-state index contributed by atoms with van der Waals surface area (Å²) in [6, 6.07) is 35.4. The van der Waals surface area contributed by atoms with Crippen LogP contribution in [0.4, 0.5) is 17.1 Å². The molecule has 0 saturated carbocycles. The number of carboxylic acids is 2. The molecule has 0 saturated heterocycles. The van der Waals surface area contributed by atoms with Gasteiger partial charge in [-0.05, 0) is 120 Å². The number of nitrogens with zero attached hydrogens (tertiary/aromatic N) is 1. The maximum atomic E-state index is 10.9. The summed E-state index contributed by atoms with van der Waals surface area (Å²) in [4.78, 5) is 24.0. The van der Waals surface area contributed by atoms with Gasteiger partial charge in [0.1, 0.15) is 0 Å². The van der Waals surface area contributed by atoms with E-state index in [2.05, 4.69) is 110 Å². The van der Waals surface area contributed by atoms with Crippen LogP contribution in [0.1, 0.15) is 55.6 Å². The fourth-order valence-corrected chi connectivity index (χ4v) is 5.64. The number of aliphatic carboxylic acids is 2. The first-order valence-corrected chi connectivity index (χ1v) is 16.0. The highest BCUT2D eigenvalue weighted by atomic mass is 16.4. The monoisotopic (exact) mass is 645 g/mol. The minimum Gasteiger partial charge on any atom is -0.478 e. The summed E-state index contributed by atoms with van der Waals surface area (Å²) in [5.41, 5.74) is 13.6. The Bertz CT molecular complexity index is 1970. The van der Waals surface area contributed by atoms with Crippen LogP contribution in [0.2, 0.25) is 0 Å². The number of hydrogen-bond acceptors (Lipinski definition) is 3. The van der Waals surface area contributed by atoms with E-state index in [9.17, 15) is 9.59 Å². The standard InChI is InChI=1S/C44H39NO4/c1-30-5-24-42(33(4)27-30)45(40-20-12-34(13-21-40)6-8-36-10-16-38(31(2)28-36)18-25-43(46)47)41-22-14-35(15-23-41)7-9-37-11-17-39(32(3)29-37)19-26-44(48)49/h5-29H,1-4H3,(H,46,47)(H,48,49)/b8-6+,9-7+,25-18+,26-19+. The van der Waals surface area contributed by atoms with Gasteiger partial charge in [-0.1, -0.05) is 103 Å². The second kappa shape index (κ2) is 15.6. The second-order valence-corrected chi connectivity index (χ2v) is 12.1. The first-order valence-electron chi connectivity index (χ1n) is 16.0. The minimum absolute atomic E-state index is 0.883. The van der Waals surface area contributed by atoms with E-state index < -0.39 is 11.9 Å². The number of anilines is 3. The maximum Gasteiger partial charge on any atom is 0.328 e. The lowest BCUT2D eigenvalue weighted by Crippen LogP contribution is -2.11. The van der Waals surface area contributed by atoms with Crippen LogP contribution in [-0.2, 0) is 9.59 Å². The van der Waals surface area contributed by atoms with E-state index in [4.69, 9.17) is 10.2 Å². The van der Waals surface area contributed by atoms with E-state index in [-0.39, 0.29) is 0 Å². The lowest BCUT2D eigenvalue weighted by atomic mass is 10.0. The molecule has 5 aromatic rings. The molecule has 0 aliphatic rings. The number of hydrogen-bond donors (Lipinski definition) is 2. The Morgan fingerprint density at radius 2 is 0.878 bits per heavy atom. The Hall–Kier alpha value is -6.20. The first-order chi connectivity index (χ1) is 23.5. The molecule has 5 aromatic carbocycles. The fraction of sp³-hybridized carbons (Fsp3) is 0.0909. The Labute approximate surface area is 288 Å². The van der Waals surface area contributed by atoms with E-state index in [0.717, 1.165) is 73.7 Å². The van der Waals surface area contributed by atoms with Crippen molar-refractivity contribution in [3.8, 4) is 0 Å². The van der Waals surface area contributed by atoms with Crippen molar-refractivity contribution in [1.82, 2.24) is 0 Å². The lowest BCUT2D eigenvalue weighted by Gasteiger charge is -2.27. The zero-order valence-corrected chi connectivity index (χ0v) is 28.1. The van der Waals surface area contributed by atoms with Gasteiger partial charge in [0, 0.05) is 29.2 Å². The average molecular weight is 646 g/mol. The SMILES string of the molecule is Cc1ccc(N(c2ccc(/C=C/c3ccc(/C=C/C(=O)O)c(C)c3)cc2)c2ccc(/C=C/c3ccc(/C=C/C(=O)O)c(C)c3)cc2)c(C)c1. The molecule has 0 unspecified atom stereocenters. The zero-order chi connectivity index (χ0) is 34.9. The van der Waals surface area contributed by atoms with Crippen molar-refractivity contribution < 1.29 is 19.8 Å². The average Bonchev–Trinajstić information content (AvgIpc) is 3.07. The molecule has 5 rings (SSSR count).